The molecule has 106 valence electrons. The van der Waals surface area contributed by atoms with E-state index in [1.54, 1.807) is 0 Å². The van der Waals surface area contributed by atoms with Crippen LogP contribution >= 0.6 is 0 Å². The minimum Gasteiger partial charge on any atom is -0.395 e. The first-order valence-corrected chi connectivity index (χ1v) is 7.55. The number of aliphatic hydroxyl groups is 2. The average Bonchev–Trinajstić information content (AvgIpc) is 2.45. The molecule has 2 heterocycles. The lowest BCUT2D eigenvalue weighted by Crippen LogP contribution is -2.49. The Balaban J connectivity index is 1.78. The second-order valence-electron chi connectivity index (χ2n) is 5.74. The van der Waals surface area contributed by atoms with Gasteiger partial charge in [-0.2, -0.15) is 0 Å². The number of hydrogen-bond donors (Lipinski definition) is 2. The quantitative estimate of drug-likeness (QED) is 0.759. The Morgan fingerprint density at radius 2 is 1.17 bits per heavy atom. The summed E-state index contributed by atoms with van der Waals surface area (Å²) in [5.74, 6) is 0. The fourth-order valence-electron chi connectivity index (χ4n) is 3.38. The van der Waals surface area contributed by atoms with Crippen molar-refractivity contribution in [1.82, 2.24) is 9.80 Å². The molecule has 0 aliphatic carbocycles. The number of rotatable bonds is 5. The highest BCUT2D eigenvalue weighted by atomic mass is 16.3. The normalized spacial score (nSPS) is 31.7. The molecule has 18 heavy (non-hydrogen) atoms. The van der Waals surface area contributed by atoms with Crippen molar-refractivity contribution in [3.05, 3.63) is 0 Å². The van der Waals surface area contributed by atoms with E-state index in [1.807, 2.05) is 0 Å². The Morgan fingerprint density at radius 1 is 0.722 bits per heavy atom. The molecule has 0 radical (unpaired) electrons. The number of piperidine rings is 2. The van der Waals surface area contributed by atoms with Gasteiger partial charge in [0.25, 0.3) is 0 Å². The van der Waals surface area contributed by atoms with Crippen LogP contribution in [0.3, 0.4) is 0 Å². The number of likely N-dealkylation sites (tertiary alicyclic amines) is 2. The van der Waals surface area contributed by atoms with Gasteiger partial charge in [-0.15, -0.1) is 0 Å². The van der Waals surface area contributed by atoms with Gasteiger partial charge in [0.1, 0.15) is 0 Å². The maximum atomic E-state index is 9.40. The van der Waals surface area contributed by atoms with E-state index < -0.39 is 0 Å². The van der Waals surface area contributed by atoms with Crippen LogP contribution in [0.25, 0.3) is 0 Å². The third-order valence-corrected chi connectivity index (χ3v) is 4.59. The fourth-order valence-corrected chi connectivity index (χ4v) is 3.38. The molecule has 4 nitrogen and oxygen atoms in total. The summed E-state index contributed by atoms with van der Waals surface area (Å²) in [6.07, 6.45) is 7.31. The van der Waals surface area contributed by atoms with Crippen molar-refractivity contribution in [1.29, 1.82) is 0 Å². The highest BCUT2D eigenvalue weighted by Gasteiger charge is 2.25. The maximum Gasteiger partial charge on any atom is 0.0586 e. The molecular formula is C14H28N2O2. The van der Waals surface area contributed by atoms with Crippen molar-refractivity contribution in [3.8, 4) is 0 Å². The summed E-state index contributed by atoms with van der Waals surface area (Å²) in [4.78, 5) is 4.87. The summed E-state index contributed by atoms with van der Waals surface area (Å²) in [5.41, 5.74) is 0. The van der Waals surface area contributed by atoms with Crippen LogP contribution in [-0.4, -0.2) is 71.5 Å². The van der Waals surface area contributed by atoms with E-state index in [0.29, 0.717) is 25.3 Å². The second kappa shape index (κ2) is 7.43. The molecule has 4 heteroatoms. The van der Waals surface area contributed by atoms with E-state index in [-0.39, 0.29) is 0 Å². The highest BCUT2D eigenvalue weighted by Crippen LogP contribution is 2.19. The first-order valence-electron chi connectivity index (χ1n) is 7.55. The van der Waals surface area contributed by atoms with Gasteiger partial charge in [-0.1, -0.05) is 12.8 Å². The van der Waals surface area contributed by atoms with E-state index in [2.05, 4.69) is 9.80 Å². The van der Waals surface area contributed by atoms with Crippen molar-refractivity contribution in [2.45, 2.75) is 50.6 Å². The molecule has 2 fully saturated rings. The lowest BCUT2D eigenvalue weighted by Gasteiger charge is -2.39. The van der Waals surface area contributed by atoms with Gasteiger partial charge in [0.2, 0.25) is 0 Å². The van der Waals surface area contributed by atoms with E-state index in [9.17, 15) is 10.2 Å². The van der Waals surface area contributed by atoms with E-state index in [1.165, 1.54) is 25.7 Å². The molecule has 2 unspecified atom stereocenters. The zero-order valence-corrected chi connectivity index (χ0v) is 11.4. The topological polar surface area (TPSA) is 46.9 Å². The van der Waals surface area contributed by atoms with E-state index in [4.69, 9.17) is 0 Å². The lowest BCUT2D eigenvalue weighted by molar-refractivity contribution is 0.0496. The lowest BCUT2D eigenvalue weighted by atomic mass is 10.0. The second-order valence-corrected chi connectivity index (χ2v) is 5.74. The van der Waals surface area contributed by atoms with Crippen LogP contribution in [0.5, 0.6) is 0 Å². The maximum absolute atomic E-state index is 9.40. The average molecular weight is 256 g/mol. The van der Waals surface area contributed by atoms with Crippen molar-refractivity contribution in [2.75, 3.05) is 39.4 Å². The molecule has 2 saturated heterocycles. The van der Waals surface area contributed by atoms with Crippen LogP contribution in [0, 0.1) is 0 Å². The van der Waals surface area contributed by atoms with Crippen LogP contribution < -0.4 is 0 Å². The zero-order chi connectivity index (χ0) is 12.8. The number of aliphatic hydroxyl groups excluding tert-OH is 2. The van der Waals surface area contributed by atoms with Gasteiger partial charge < -0.3 is 10.2 Å². The zero-order valence-electron chi connectivity index (χ0n) is 11.4. The summed E-state index contributed by atoms with van der Waals surface area (Å²) in [6, 6.07) is 0.743. The molecule has 2 N–H and O–H groups in total. The summed E-state index contributed by atoms with van der Waals surface area (Å²) in [6.45, 7) is 4.93. The van der Waals surface area contributed by atoms with Crippen LogP contribution in [-0.2, 0) is 0 Å². The Kier molecular flexibility index (Phi) is 5.89. The van der Waals surface area contributed by atoms with Crippen LogP contribution in [0.4, 0.5) is 0 Å². The number of hydrogen-bond acceptors (Lipinski definition) is 4. The molecular weight excluding hydrogens is 228 g/mol. The van der Waals surface area contributed by atoms with Crippen LogP contribution in [0.1, 0.15) is 38.5 Å². The molecule has 0 spiro atoms. The smallest absolute Gasteiger partial charge is 0.0586 e. The Labute approximate surface area is 111 Å². The first-order chi connectivity index (χ1) is 8.85. The molecule has 2 rings (SSSR count). The SMILES string of the molecule is OCC1CCCCN1CCN1CCCCC1CO. The molecule has 2 aliphatic heterocycles. The molecule has 0 amide bonds. The van der Waals surface area contributed by atoms with Gasteiger partial charge in [-0.25, -0.2) is 0 Å². The summed E-state index contributed by atoms with van der Waals surface area (Å²) < 4.78 is 0. The molecule has 0 aromatic carbocycles. The Hall–Kier alpha value is -0.160. The molecule has 0 bridgehead atoms. The monoisotopic (exact) mass is 256 g/mol. The van der Waals surface area contributed by atoms with Gasteiger partial charge in [0.15, 0.2) is 0 Å². The van der Waals surface area contributed by atoms with E-state index >= 15 is 0 Å². The predicted molar refractivity (Wildman–Crippen MR) is 72.6 cm³/mol. The largest absolute Gasteiger partial charge is 0.395 e. The van der Waals surface area contributed by atoms with Crippen molar-refractivity contribution >= 4 is 0 Å². The van der Waals surface area contributed by atoms with Crippen molar-refractivity contribution in [3.63, 3.8) is 0 Å². The minimum atomic E-state index is 0.295. The van der Waals surface area contributed by atoms with Crippen LogP contribution in [0.2, 0.25) is 0 Å². The van der Waals surface area contributed by atoms with Gasteiger partial charge in [-0.3, -0.25) is 9.80 Å². The van der Waals surface area contributed by atoms with Gasteiger partial charge in [-0.05, 0) is 38.8 Å². The molecule has 2 aliphatic rings. The predicted octanol–water partition coefficient (Wildman–Crippen LogP) is 0.680. The van der Waals surface area contributed by atoms with Gasteiger partial charge in [0, 0.05) is 25.2 Å². The summed E-state index contributed by atoms with van der Waals surface area (Å²) in [7, 11) is 0. The Morgan fingerprint density at radius 3 is 1.56 bits per heavy atom. The molecule has 0 aromatic rings. The number of nitrogens with zero attached hydrogens (tertiary/aromatic N) is 2. The van der Waals surface area contributed by atoms with E-state index in [0.717, 1.165) is 39.0 Å². The third kappa shape index (κ3) is 3.67. The minimum absolute atomic E-state index is 0.295. The fraction of sp³-hybridized carbons (Fsp3) is 1.00. The summed E-state index contributed by atoms with van der Waals surface area (Å²) in [5, 5.41) is 18.8. The standard InChI is InChI=1S/C14H28N2O2/c17-11-13-5-1-3-7-15(13)9-10-16-8-4-2-6-14(16)12-18/h13-14,17-18H,1-12H2. The van der Waals surface area contributed by atoms with Crippen LogP contribution in [0.15, 0.2) is 0 Å². The molecule has 0 aromatic heterocycles. The summed E-state index contributed by atoms with van der Waals surface area (Å²) >= 11 is 0. The van der Waals surface area contributed by atoms with Crippen molar-refractivity contribution in [2.24, 2.45) is 0 Å². The Bertz CT molecular complexity index is 214. The molecule has 0 saturated carbocycles. The van der Waals surface area contributed by atoms with Gasteiger partial charge in [0.05, 0.1) is 13.2 Å². The molecule has 2 atom stereocenters. The first kappa shape index (κ1) is 14.3. The van der Waals surface area contributed by atoms with Gasteiger partial charge >= 0.3 is 0 Å². The highest BCUT2D eigenvalue weighted by molar-refractivity contribution is 4.80. The van der Waals surface area contributed by atoms with Crippen molar-refractivity contribution < 1.29 is 10.2 Å². The third-order valence-electron chi connectivity index (χ3n) is 4.59.